The lowest BCUT2D eigenvalue weighted by Crippen LogP contribution is -2.09. The molecule has 2 nitrogen and oxygen atoms in total. The molecule has 1 spiro atoms. The Labute approximate surface area is 83.9 Å². The van der Waals surface area contributed by atoms with Gasteiger partial charge in [0.05, 0.1) is 10.1 Å². The second kappa shape index (κ2) is 2.40. The minimum atomic E-state index is -3.01. The summed E-state index contributed by atoms with van der Waals surface area (Å²) in [5, 5.41) is -0.0719. The zero-order valence-corrected chi connectivity index (χ0v) is 8.63. The molecule has 0 bridgehead atoms. The summed E-state index contributed by atoms with van der Waals surface area (Å²) in [6.07, 6.45) is 3.12. The van der Waals surface area contributed by atoms with Crippen molar-refractivity contribution in [2.24, 2.45) is 5.41 Å². The molecule has 14 heavy (non-hydrogen) atoms. The maximum absolute atomic E-state index is 12.1. The molecule has 1 aromatic carbocycles. The van der Waals surface area contributed by atoms with Crippen LogP contribution in [0.15, 0.2) is 35.2 Å². The Hall–Kier alpha value is -0.830. The van der Waals surface area contributed by atoms with E-state index >= 15 is 0 Å². The monoisotopic (exact) mass is 208 g/mol. The molecule has 0 amide bonds. The van der Waals surface area contributed by atoms with Gasteiger partial charge in [0.25, 0.3) is 0 Å². The van der Waals surface area contributed by atoms with Crippen LogP contribution in [0.4, 0.5) is 0 Å². The van der Waals surface area contributed by atoms with Crippen LogP contribution in [0, 0.1) is 5.41 Å². The Balaban J connectivity index is 1.98. The molecule has 1 unspecified atom stereocenters. The summed E-state index contributed by atoms with van der Waals surface area (Å²) in [5.74, 6) is 0. The summed E-state index contributed by atoms with van der Waals surface area (Å²) in [5.41, 5.74) is 0.217. The van der Waals surface area contributed by atoms with Crippen molar-refractivity contribution in [3.8, 4) is 0 Å². The Morgan fingerprint density at radius 3 is 2.29 bits per heavy atom. The lowest BCUT2D eigenvalue weighted by molar-refractivity contribution is 0.591. The SMILES string of the molecule is O=S(=O)(c1ccccc1)C1CC12CC2. The molecule has 0 N–H and O–H groups in total. The first-order valence-electron chi connectivity index (χ1n) is 4.94. The molecule has 1 aromatic rings. The summed E-state index contributed by atoms with van der Waals surface area (Å²) in [4.78, 5) is 0.494. The average molecular weight is 208 g/mol. The van der Waals surface area contributed by atoms with Crippen molar-refractivity contribution in [3.05, 3.63) is 30.3 Å². The Kier molecular flexibility index (Phi) is 1.45. The van der Waals surface area contributed by atoms with Crippen LogP contribution < -0.4 is 0 Å². The molecule has 3 heteroatoms. The van der Waals surface area contributed by atoms with Crippen molar-refractivity contribution in [2.75, 3.05) is 0 Å². The molecule has 0 aliphatic heterocycles. The molecule has 3 rings (SSSR count). The van der Waals surface area contributed by atoms with Gasteiger partial charge in [-0.15, -0.1) is 0 Å². The largest absolute Gasteiger partial charge is 0.223 e. The van der Waals surface area contributed by atoms with Crippen molar-refractivity contribution in [1.82, 2.24) is 0 Å². The van der Waals surface area contributed by atoms with Gasteiger partial charge in [0.15, 0.2) is 9.84 Å². The molecule has 2 aliphatic carbocycles. The van der Waals surface area contributed by atoms with Crippen LogP contribution in [-0.4, -0.2) is 13.7 Å². The van der Waals surface area contributed by atoms with Crippen LogP contribution in [0.25, 0.3) is 0 Å². The van der Waals surface area contributed by atoms with Crippen LogP contribution in [-0.2, 0) is 9.84 Å². The highest BCUT2D eigenvalue weighted by atomic mass is 32.2. The molecular formula is C11H12O2S. The Bertz CT molecular complexity index is 457. The van der Waals surface area contributed by atoms with Crippen LogP contribution in [0.2, 0.25) is 0 Å². The Morgan fingerprint density at radius 1 is 1.14 bits per heavy atom. The fraction of sp³-hybridized carbons (Fsp3) is 0.455. The molecule has 0 heterocycles. The van der Waals surface area contributed by atoms with Gasteiger partial charge in [0.2, 0.25) is 0 Å². The van der Waals surface area contributed by atoms with E-state index in [-0.39, 0.29) is 10.7 Å². The highest BCUT2D eigenvalue weighted by Gasteiger charge is 2.68. The predicted octanol–water partition coefficient (Wildman–Crippen LogP) is 2.01. The summed E-state index contributed by atoms with van der Waals surface area (Å²) in [6.45, 7) is 0. The van der Waals surface area contributed by atoms with Gasteiger partial charge in [-0.25, -0.2) is 8.42 Å². The second-order valence-electron chi connectivity index (χ2n) is 4.41. The van der Waals surface area contributed by atoms with E-state index in [4.69, 9.17) is 0 Å². The van der Waals surface area contributed by atoms with E-state index < -0.39 is 9.84 Å². The van der Waals surface area contributed by atoms with Gasteiger partial charge in [-0.1, -0.05) is 18.2 Å². The highest BCUT2D eigenvalue weighted by Crippen LogP contribution is 2.69. The first kappa shape index (κ1) is 8.48. The molecule has 1 atom stereocenters. The first-order chi connectivity index (χ1) is 6.65. The Morgan fingerprint density at radius 2 is 1.79 bits per heavy atom. The molecule has 2 fully saturated rings. The van der Waals surface area contributed by atoms with E-state index in [1.807, 2.05) is 6.07 Å². The maximum Gasteiger partial charge on any atom is 0.181 e. The van der Waals surface area contributed by atoms with Gasteiger partial charge in [0.1, 0.15) is 0 Å². The average Bonchev–Trinajstić information content (AvgIpc) is 3.09. The molecular weight excluding hydrogens is 196 g/mol. The third kappa shape index (κ3) is 1.05. The van der Waals surface area contributed by atoms with Crippen LogP contribution in [0.5, 0.6) is 0 Å². The predicted molar refractivity (Wildman–Crippen MR) is 53.7 cm³/mol. The van der Waals surface area contributed by atoms with Crippen molar-refractivity contribution in [2.45, 2.75) is 29.4 Å². The summed E-state index contributed by atoms with van der Waals surface area (Å²) >= 11 is 0. The van der Waals surface area contributed by atoms with E-state index in [0.29, 0.717) is 4.90 Å². The van der Waals surface area contributed by atoms with Crippen molar-refractivity contribution >= 4 is 9.84 Å². The van der Waals surface area contributed by atoms with E-state index in [1.54, 1.807) is 24.3 Å². The topological polar surface area (TPSA) is 34.1 Å². The third-order valence-corrected chi connectivity index (χ3v) is 5.80. The first-order valence-corrected chi connectivity index (χ1v) is 6.49. The molecule has 0 saturated heterocycles. The second-order valence-corrected chi connectivity index (χ2v) is 6.54. The van der Waals surface area contributed by atoms with E-state index in [2.05, 4.69) is 0 Å². The smallest absolute Gasteiger partial charge is 0.181 e. The number of rotatable bonds is 2. The molecule has 2 saturated carbocycles. The van der Waals surface area contributed by atoms with Crippen LogP contribution in [0.1, 0.15) is 19.3 Å². The fourth-order valence-corrected chi connectivity index (χ4v) is 4.52. The maximum atomic E-state index is 12.1. The minimum absolute atomic E-state index is 0.0719. The number of sulfone groups is 1. The molecule has 74 valence electrons. The van der Waals surface area contributed by atoms with E-state index in [0.717, 1.165) is 19.3 Å². The molecule has 0 aromatic heterocycles. The van der Waals surface area contributed by atoms with Gasteiger partial charge < -0.3 is 0 Å². The lowest BCUT2D eigenvalue weighted by Gasteiger charge is -2.01. The zero-order chi connectivity index (χ0) is 9.81. The third-order valence-electron chi connectivity index (χ3n) is 3.45. The molecule has 0 radical (unpaired) electrons. The van der Waals surface area contributed by atoms with Crippen LogP contribution >= 0.6 is 0 Å². The fourth-order valence-electron chi connectivity index (χ4n) is 2.21. The molecule has 2 aliphatic rings. The van der Waals surface area contributed by atoms with Gasteiger partial charge in [0, 0.05) is 0 Å². The lowest BCUT2D eigenvalue weighted by atomic mass is 10.4. The minimum Gasteiger partial charge on any atom is -0.223 e. The van der Waals surface area contributed by atoms with E-state index in [1.165, 1.54) is 0 Å². The van der Waals surface area contributed by atoms with Gasteiger partial charge >= 0.3 is 0 Å². The van der Waals surface area contributed by atoms with Gasteiger partial charge in [-0.2, -0.15) is 0 Å². The highest BCUT2D eigenvalue weighted by molar-refractivity contribution is 7.92. The van der Waals surface area contributed by atoms with Gasteiger partial charge in [-0.3, -0.25) is 0 Å². The number of benzene rings is 1. The zero-order valence-electron chi connectivity index (χ0n) is 7.81. The van der Waals surface area contributed by atoms with E-state index in [9.17, 15) is 8.42 Å². The van der Waals surface area contributed by atoms with Crippen LogP contribution in [0.3, 0.4) is 0 Å². The van der Waals surface area contributed by atoms with Crippen molar-refractivity contribution in [1.29, 1.82) is 0 Å². The number of hydrogen-bond acceptors (Lipinski definition) is 2. The summed E-state index contributed by atoms with van der Waals surface area (Å²) < 4.78 is 24.1. The summed E-state index contributed by atoms with van der Waals surface area (Å²) in [7, 11) is -3.01. The van der Waals surface area contributed by atoms with Crippen molar-refractivity contribution in [3.63, 3.8) is 0 Å². The van der Waals surface area contributed by atoms with Crippen molar-refractivity contribution < 1.29 is 8.42 Å². The number of hydrogen-bond donors (Lipinski definition) is 0. The normalized spacial score (nSPS) is 27.6. The quantitative estimate of drug-likeness (QED) is 0.745. The van der Waals surface area contributed by atoms with Gasteiger partial charge in [-0.05, 0) is 36.8 Å². The standard InChI is InChI=1S/C11H12O2S/c12-14(13,9-4-2-1-3-5-9)10-8-11(10)6-7-11/h1-5,10H,6-8H2. The summed E-state index contributed by atoms with van der Waals surface area (Å²) in [6, 6.07) is 8.82.